The van der Waals surface area contributed by atoms with Crippen molar-refractivity contribution >= 4 is 5.97 Å². The second-order valence-corrected chi connectivity index (χ2v) is 6.15. The Hall–Kier alpha value is -1.55. The lowest BCUT2D eigenvalue weighted by molar-refractivity contribution is -0.141. The molecule has 0 spiro atoms. The number of rotatable bonds is 6. The van der Waals surface area contributed by atoms with Crippen LogP contribution < -0.4 is 4.74 Å². The third-order valence-corrected chi connectivity index (χ3v) is 4.16. The summed E-state index contributed by atoms with van der Waals surface area (Å²) in [6, 6.07) is 6.23. The number of ether oxygens (including phenoxy) is 1. The van der Waals surface area contributed by atoms with Crippen LogP contribution in [0.5, 0.6) is 5.75 Å². The van der Waals surface area contributed by atoms with Gasteiger partial charge in [-0.2, -0.15) is 0 Å². The van der Waals surface area contributed by atoms with Crippen LogP contribution in [0.15, 0.2) is 18.2 Å². The number of likely N-dealkylation sites (tertiary alicyclic amines) is 1. The predicted octanol–water partition coefficient (Wildman–Crippen LogP) is 2.90. The summed E-state index contributed by atoms with van der Waals surface area (Å²) in [5.41, 5.74) is 2.61. The summed E-state index contributed by atoms with van der Waals surface area (Å²) in [4.78, 5) is 13.1. The number of benzene rings is 1. The van der Waals surface area contributed by atoms with Crippen LogP contribution in [0.1, 0.15) is 37.3 Å². The molecule has 1 saturated heterocycles. The Morgan fingerprint density at radius 1 is 1.48 bits per heavy atom. The van der Waals surface area contributed by atoms with Crippen LogP contribution in [0.4, 0.5) is 0 Å². The normalized spacial score (nSPS) is 19.1. The number of carboxylic acids is 1. The number of nitrogens with zero attached hydrogens (tertiary/aromatic N) is 1. The van der Waals surface area contributed by atoms with E-state index in [4.69, 9.17) is 9.84 Å². The van der Waals surface area contributed by atoms with Gasteiger partial charge in [-0.3, -0.25) is 9.69 Å². The summed E-state index contributed by atoms with van der Waals surface area (Å²) in [6.45, 7) is 9.38. The molecule has 4 nitrogen and oxygen atoms in total. The Balaban J connectivity index is 1.79. The molecule has 2 rings (SSSR count). The largest absolute Gasteiger partial charge is 0.492 e. The second-order valence-electron chi connectivity index (χ2n) is 6.15. The molecule has 0 aromatic heterocycles. The zero-order valence-corrected chi connectivity index (χ0v) is 13.1. The molecule has 1 fully saturated rings. The Morgan fingerprint density at radius 3 is 2.81 bits per heavy atom. The maximum absolute atomic E-state index is 10.9. The maximum Gasteiger partial charge on any atom is 0.307 e. The van der Waals surface area contributed by atoms with Crippen LogP contribution >= 0.6 is 0 Å². The molecule has 1 aromatic rings. The van der Waals surface area contributed by atoms with Gasteiger partial charge >= 0.3 is 5.97 Å². The SMILES string of the molecule is Cc1cc(OCCN2CC[C@H](C(=O)O)C2)ccc1C(C)C. The summed E-state index contributed by atoms with van der Waals surface area (Å²) in [6.07, 6.45) is 0.748. The van der Waals surface area contributed by atoms with Gasteiger partial charge in [0.15, 0.2) is 0 Å². The van der Waals surface area contributed by atoms with Crippen LogP contribution in [-0.4, -0.2) is 42.2 Å². The first-order valence-corrected chi connectivity index (χ1v) is 7.66. The van der Waals surface area contributed by atoms with Crippen molar-refractivity contribution in [1.82, 2.24) is 4.90 Å². The molecule has 0 amide bonds. The first kappa shape index (κ1) is 15.8. The highest BCUT2D eigenvalue weighted by Gasteiger charge is 2.27. The lowest BCUT2D eigenvalue weighted by Gasteiger charge is -2.16. The number of hydrogen-bond donors (Lipinski definition) is 1. The van der Waals surface area contributed by atoms with Gasteiger partial charge in [0.05, 0.1) is 5.92 Å². The van der Waals surface area contributed by atoms with Gasteiger partial charge in [0.1, 0.15) is 12.4 Å². The van der Waals surface area contributed by atoms with E-state index in [1.165, 1.54) is 11.1 Å². The molecular weight excluding hydrogens is 266 g/mol. The van der Waals surface area contributed by atoms with Crippen molar-refractivity contribution in [3.8, 4) is 5.75 Å². The molecule has 1 heterocycles. The molecule has 0 bridgehead atoms. The highest BCUT2D eigenvalue weighted by Crippen LogP contribution is 2.23. The van der Waals surface area contributed by atoms with E-state index in [0.717, 1.165) is 25.3 Å². The van der Waals surface area contributed by atoms with Crippen molar-refractivity contribution in [3.63, 3.8) is 0 Å². The third-order valence-electron chi connectivity index (χ3n) is 4.16. The Bertz CT molecular complexity index is 499. The minimum atomic E-state index is -0.682. The molecule has 21 heavy (non-hydrogen) atoms. The number of hydrogen-bond acceptors (Lipinski definition) is 3. The van der Waals surface area contributed by atoms with Gasteiger partial charge in [-0.25, -0.2) is 0 Å². The van der Waals surface area contributed by atoms with Crippen molar-refractivity contribution < 1.29 is 14.6 Å². The zero-order chi connectivity index (χ0) is 15.4. The quantitative estimate of drug-likeness (QED) is 0.875. The Kier molecular flexibility index (Phi) is 5.23. The minimum Gasteiger partial charge on any atom is -0.492 e. The highest BCUT2D eigenvalue weighted by atomic mass is 16.5. The molecule has 0 aliphatic carbocycles. The monoisotopic (exact) mass is 291 g/mol. The highest BCUT2D eigenvalue weighted by molar-refractivity contribution is 5.70. The van der Waals surface area contributed by atoms with Crippen LogP contribution in [-0.2, 0) is 4.79 Å². The molecule has 116 valence electrons. The number of carbonyl (C=O) groups is 1. The number of aryl methyl sites for hydroxylation is 1. The number of carboxylic acid groups (broad SMARTS) is 1. The average molecular weight is 291 g/mol. The summed E-state index contributed by atoms with van der Waals surface area (Å²) < 4.78 is 5.79. The van der Waals surface area contributed by atoms with E-state index in [0.29, 0.717) is 19.1 Å². The summed E-state index contributed by atoms with van der Waals surface area (Å²) in [5.74, 6) is 0.526. The third kappa shape index (κ3) is 4.21. The number of aliphatic carboxylic acids is 1. The van der Waals surface area contributed by atoms with E-state index in [-0.39, 0.29) is 5.92 Å². The van der Waals surface area contributed by atoms with E-state index in [9.17, 15) is 4.79 Å². The molecule has 1 aliphatic heterocycles. The smallest absolute Gasteiger partial charge is 0.307 e. The van der Waals surface area contributed by atoms with Crippen LogP contribution in [0.25, 0.3) is 0 Å². The zero-order valence-electron chi connectivity index (χ0n) is 13.1. The van der Waals surface area contributed by atoms with Crippen LogP contribution in [0.3, 0.4) is 0 Å². The molecular formula is C17H25NO3. The van der Waals surface area contributed by atoms with Gasteiger partial charge in [0.2, 0.25) is 0 Å². The fourth-order valence-electron chi connectivity index (χ4n) is 2.92. The fraction of sp³-hybridized carbons (Fsp3) is 0.588. The molecule has 1 atom stereocenters. The van der Waals surface area contributed by atoms with Crippen molar-refractivity contribution in [3.05, 3.63) is 29.3 Å². The van der Waals surface area contributed by atoms with Gasteiger partial charge in [-0.15, -0.1) is 0 Å². The summed E-state index contributed by atoms with van der Waals surface area (Å²) in [7, 11) is 0. The molecule has 1 N–H and O–H groups in total. The van der Waals surface area contributed by atoms with E-state index >= 15 is 0 Å². The van der Waals surface area contributed by atoms with E-state index in [1.54, 1.807) is 0 Å². The summed E-state index contributed by atoms with van der Waals surface area (Å²) >= 11 is 0. The first-order valence-electron chi connectivity index (χ1n) is 7.66. The van der Waals surface area contributed by atoms with Crippen LogP contribution in [0, 0.1) is 12.8 Å². The molecule has 4 heteroatoms. The first-order chi connectivity index (χ1) is 9.97. The van der Waals surface area contributed by atoms with Gasteiger partial charge in [-0.1, -0.05) is 19.9 Å². The topological polar surface area (TPSA) is 49.8 Å². The maximum atomic E-state index is 10.9. The Labute approximate surface area is 126 Å². The summed E-state index contributed by atoms with van der Waals surface area (Å²) in [5, 5.41) is 8.98. The lowest BCUT2D eigenvalue weighted by atomic mass is 9.98. The van der Waals surface area contributed by atoms with Gasteiger partial charge in [0.25, 0.3) is 0 Å². The van der Waals surface area contributed by atoms with Crippen molar-refractivity contribution in [1.29, 1.82) is 0 Å². The van der Waals surface area contributed by atoms with E-state index in [1.807, 2.05) is 6.07 Å². The van der Waals surface area contributed by atoms with Gasteiger partial charge < -0.3 is 9.84 Å². The van der Waals surface area contributed by atoms with Gasteiger partial charge in [0, 0.05) is 13.1 Å². The lowest BCUT2D eigenvalue weighted by Crippen LogP contribution is -2.27. The van der Waals surface area contributed by atoms with Crippen LogP contribution in [0.2, 0.25) is 0 Å². The molecule has 1 aliphatic rings. The second kappa shape index (κ2) is 6.94. The Morgan fingerprint density at radius 2 is 2.24 bits per heavy atom. The van der Waals surface area contributed by atoms with Crippen molar-refractivity contribution in [2.75, 3.05) is 26.2 Å². The van der Waals surface area contributed by atoms with Gasteiger partial charge in [-0.05, 0) is 49.1 Å². The van der Waals surface area contributed by atoms with E-state index < -0.39 is 5.97 Å². The molecule has 1 aromatic carbocycles. The van der Waals surface area contributed by atoms with Crippen molar-refractivity contribution in [2.45, 2.75) is 33.1 Å². The van der Waals surface area contributed by atoms with Crippen molar-refractivity contribution in [2.24, 2.45) is 5.92 Å². The van der Waals surface area contributed by atoms with E-state index in [2.05, 4.69) is 37.8 Å². The fourth-order valence-corrected chi connectivity index (χ4v) is 2.92. The molecule has 0 saturated carbocycles. The minimum absolute atomic E-state index is 0.211. The molecule has 0 radical (unpaired) electrons. The average Bonchev–Trinajstić information content (AvgIpc) is 2.87. The predicted molar refractivity (Wildman–Crippen MR) is 82.9 cm³/mol. The molecule has 0 unspecified atom stereocenters. The standard InChI is InChI=1S/C17H25NO3/c1-12(2)16-5-4-15(10-13(16)3)21-9-8-18-7-6-14(11-18)17(19)20/h4-5,10,12,14H,6-9,11H2,1-3H3,(H,19,20)/t14-/m0/s1.